The zero-order valence-electron chi connectivity index (χ0n) is 17.1. The third kappa shape index (κ3) is 4.65. The molecule has 29 heavy (non-hydrogen) atoms. The number of nitrogens with zero attached hydrogens (tertiary/aromatic N) is 2. The van der Waals surface area contributed by atoms with Gasteiger partial charge >= 0.3 is 0 Å². The molecule has 1 fully saturated rings. The molecule has 1 atom stereocenters. The monoisotopic (exact) mass is 393 g/mol. The molecule has 2 aromatic carbocycles. The van der Waals surface area contributed by atoms with E-state index in [4.69, 9.17) is 0 Å². The van der Waals surface area contributed by atoms with Crippen molar-refractivity contribution in [3.05, 3.63) is 65.2 Å². The first-order chi connectivity index (χ1) is 13.9. The van der Waals surface area contributed by atoms with Gasteiger partial charge in [-0.3, -0.25) is 14.4 Å². The molecule has 0 aliphatic carbocycles. The summed E-state index contributed by atoms with van der Waals surface area (Å²) in [6, 6.07) is 15.1. The number of nitrogens with one attached hydrogen (secondary N) is 1. The van der Waals surface area contributed by atoms with Crippen LogP contribution in [0.25, 0.3) is 0 Å². The highest BCUT2D eigenvalue weighted by Crippen LogP contribution is 2.27. The minimum atomic E-state index is -0.344. The molecule has 1 saturated heterocycles. The van der Waals surface area contributed by atoms with E-state index in [-0.39, 0.29) is 30.1 Å². The van der Waals surface area contributed by atoms with E-state index in [1.165, 1.54) is 5.56 Å². The second-order valence-corrected chi connectivity index (χ2v) is 7.40. The SMILES string of the molecule is CCc1ccc(N2C[C@@H](C(=O)N(C)Cc3ccc(C(=O)NC)cc3)CC2=O)cc1. The van der Waals surface area contributed by atoms with E-state index in [0.717, 1.165) is 17.7 Å². The lowest BCUT2D eigenvalue weighted by atomic mass is 10.1. The molecular weight excluding hydrogens is 366 g/mol. The Balaban J connectivity index is 1.62. The van der Waals surface area contributed by atoms with Crippen LogP contribution in [0.1, 0.15) is 34.8 Å². The zero-order valence-corrected chi connectivity index (χ0v) is 17.1. The Morgan fingerprint density at radius 1 is 1.07 bits per heavy atom. The van der Waals surface area contributed by atoms with Gasteiger partial charge in [0.2, 0.25) is 11.8 Å². The molecule has 152 valence electrons. The van der Waals surface area contributed by atoms with Crippen LogP contribution >= 0.6 is 0 Å². The molecule has 0 spiro atoms. The van der Waals surface area contributed by atoms with E-state index in [2.05, 4.69) is 12.2 Å². The summed E-state index contributed by atoms with van der Waals surface area (Å²) in [6.45, 7) is 2.93. The summed E-state index contributed by atoms with van der Waals surface area (Å²) in [5.41, 5.74) is 3.58. The molecule has 6 nitrogen and oxygen atoms in total. The third-order valence-corrected chi connectivity index (χ3v) is 5.37. The first-order valence-corrected chi connectivity index (χ1v) is 9.88. The third-order valence-electron chi connectivity index (χ3n) is 5.37. The van der Waals surface area contributed by atoms with E-state index >= 15 is 0 Å². The Kier molecular flexibility index (Phi) is 6.32. The van der Waals surface area contributed by atoms with Crippen molar-refractivity contribution in [2.24, 2.45) is 5.92 Å². The Labute approximate surface area is 171 Å². The molecule has 1 N–H and O–H groups in total. The molecule has 3 rings (SSSR count). The van der Waals surface area contributed by atoms with Gasteiger partial charge in [-0.1, -0.05) is 31.2 Å². The number of benzene rings is 2. The van der Waals surface area contributed by atoms with Gasteiger partial charge in [-0.2, -0.15) is 0 Å². The van der Waals surface area contributed by atoms with Gasteiger partial charge in [0.15, 0.2) is 0 Å². The molecule has 3 amide bonds. The van der Waals surface area contributed by atoms with Crippen molar-refractivity contribution in [1.29, 1.82) is 0 Å². The van der Waals surface area contributed by atoms with Gasteiger partial charge in [-0.05, 0) is 41.8 Å². The Morgan fingerprint density at radius 3 is 2.28 bits per heavy atom. The molecule has 1 heterocycles. The first-order valence-electron chi connectivity index (χ1n) is 9.88. The summed E-state index contributed by atoms with van der Waals surface area (Å²) < 4.78 is 0. The van der Waals surface area contributed by atoms with Crippen molar-refractivity contribution in [3.63, 3.8) is 0 Å². The summed E-state index contributed by atoms with van der Waals surface area (Å²) in [4.78, 5) is 40.3. The van der Waals surface area contributed by atoms with E-state index in [1.807, 2.05) is 36.4 Å². The van der Waals surface area contributed by atoms with Gasteiger partial charge in [-0.15, -0.1) is 0 Å². The van der Waals surface area contributed by atoms with Gasteiger partial charge in [0.1, 0.15) is 0 Å². The minimum Gasteiger partial charge on any atom is -0.355 e. The highest BCUT2D eigenvalue weighted by Gasteiger charge is 2.36. The molecule has 1 aliphatic rings. The van der Waals surface area contributed by atoms with Crippen LogP contribution in [0.3, 0.4) is 0 Å². The van der Waals surface area contributed by atoms with Gasteiger partial charge in [0.05, 0.1) is 5.92 Å². The number of carbonyl (C=O) groups is 3. The fourth-order valence-corrected chi connectivity index (χ4v) is 3.60. The smallest absolute Gasteiger partial charge is 0.251 e. The number of rotatable bonds is 6. The minimum absolute atomic E-state index is 0.0177. The molecule has 0 unspecified atom stereocenters. The zero-order chi connectivity index (χ0) is 21.0. The molecule has 0 aromatic heterocycles. The molecule has 2 aromatic rings. The predicted octanol–water partition coefficient (Wildman–Crippen LogP) is 2.62. The number of aryl methyl sites for hydroxylation is 1. The Hall–Kier alpha value is -3.15. The van der Waals surface area contributed by atoms with Crippen LogP contribution in [0.2, 0.25) is 0 Å². The van der Waals surface area contributed by atoms with Crippen LogP contribution < -0.4 is 10.2 Å². The second kappa shape index (κ2) is 8.90. The highest BCUT2D eigenvalue weighted by atomic mass is 16.2. The maximum atomic E-state index is 12.9. The largest absolute Gasteiger partial charge is 0.355 e. The number of anilines is 1. The predicted molar refractivity (Wildman–Crippen MR) is 113 cm³/mol. The van der Waals surface area contributed by atoms with Crippen molar-refractivity contribution < 1.29 is 14.4 Å². The molecule has 0 radical (unpaired) electrons. The van der Waals surface area contributed by atoms with Gasteiger partial charge in [0.25, 0.3) is 5.91 Å². The van der Waals surface area contributed by atoms with Crippen LogP contribution in [-0.4, -0.2) is 43.3 Å². The van der Waals surface area contributed by atoms with Crippen molar-refractivity contribution in [3.8, 4) is 0 Å². The van der Waals surface area contributed by atoms with Crippen LogP contribution in [0.5, 0.6) is 0 Å². The number of amides is 3. The molecule has 0 saturated carbocycles. The van der Waals surface area contributed by atoms with Crippen molar-refractivity contribution in [1.82, 2.24) is 10.2 Å². The van der Waals surface area contributed by atoms with Gasteiger partial charge in [-0.25, -0.2) is 0 Å². The summed E-state index contributed by atoms with van der Waals surface area (Å²) in [5, 5.41) is 2.58. The van der Waals surface area contributed by atoms with Crippen molar-refractivity contribution in [2.75, 3.05) is 25.5 Å². The number of carbonyl (C=O) groups excluding carboxylic acids is 3. The quantitative estimate of drug-likeness (QED) is 0.820. The maximum absolute atomic E-state index is 12.9. The number of hydrogen-bond acceptors (Lipinski definition) is 3. The Bertz CT molecular complexity index is 891. The van der Waals surface area contributed by atoms with Gasteiger partial charge < -0.3 is 15.1 Å². The van der Waals surface area contributed by atoms with E-state index < -0.39 is 0 Å². The first kappa shape index (κ1) is 20.6. The average molecular weight is 393 g/mol. The fraction of sp³-hybridized carbons (Fsp3) is 0.348. The Morgan fingerprint density at radius 2 is 1.69 bits per heavy atom. The summed E-state index contributed by atoms with van der Waals surface area (Å²) in [6.07, 6.45) is 1.18. The molecule has 0 bridgehead atoms. The van der Waals surface area contributed by atoms with E-state index in [0.29, 0.717) is 18.7 Å². The standard InChI is InChI=1S/C23H27N3O3/c1-4-16-7-11-20(12-8-16)26-15-19(13-21(26)27)23(29)25(3)14-17-5-9-18(10-6-17)22(28)24-2/h5-12,19H,4,13-15H2,1-3H3,(H,24,28)/t19-/m0/s1. The fourth-order valence-electron chi connectivity index (χ4n) is 3.60. The van der Waals surface area contributed by atoms with E-state index in [9.17, 15) is 14.4 Å². The number of hydrogen-bond donors (Lipinski definition) is 1. The summed E-state index contributed by atoms with van der Waals surface area (Å²) >= 11 is 0. The lowest BCUT2D eigenvalue weighted by Gasteiger charge is -2.22. The van der Waals surface area contributed by atoms with E-state index in [1.54, 1.807) is 36.0 Å². The topological polar surface area (TPSA) is 69.7 Å². The average Bonchev–Trinajstić information content (AvgIpc) is 3.14. The lowest BCUT2D eigenvalue weighted by molar-refractivity contribution is -0.135. The highest BCUT2D eigenvalue weighted by molar-refractivity contribution is 6.00. The molecule has 6 heteroatoms. The normalized spacial score (nSPS) is 16.0. The lowest BCUT2D eigenvalue weighted by Crippen LogP contribution is -2.34. The van der Waals surface area contributed by atoms with Crippen molar-refractivity contribution in [2.45, 2.75) is 26.3 Å². The summed E-state index contributed by atoms with van der Waals surface area (Å²) in [5.74, 6) is -0.543. The van der Waals surface area contributed by atoms with Crippen LogP contribution in [0.15, 0.2) is 48.5 Å². The van der Waals surface area contributed by atoms with Crippen molar-refractivity contribution >= 4 is 23.4 Å². The van der Waals surface area contributed by atoms with Crippen LogP contribution in [0.4, 0.5) is 5.69 Å². The summed E-state index contributed by atoms with van der Waals surface area (Å²) in [7, 11) is 3.34. The molecular formula is C23H27N3O3. The van der Waals surface area contributed by atoms with Crippen LogP contribution in [0, 0.1) is 5.92 Å². The van der Waals surface area contributed by atoms with Gasteiger partial charge in [0, 0.05) is 44.9 Å². The maximum Gasteiger partial charge on any atom is 0.251 e. The second-order valence-electron chi connectivity index (χ2n) is 7.40. The molecule has 1 aliphatic heterocycles. The van der Waals surface area contributed by atoms with Crippen LogP contribution in [-0.2, 0) is 22.6 Å².